The standard InChI is InChI=1S/C21H31N3O4/c1-15(2)18(23-21(26)22-14-16-6-4-3-5-7-16)19(25)24-10-8-17(9-11-24)20-27-12-13-28-20/h3-7,15,17-18,20H,8-14H2,1-2H3,(H2,22,23,26). The van der Waals surface area contributed by atoms with E-state index in [0.29, 0.717) is 38.8 Å². The first-order chi connectivity index (χ1) is 13.5. The molecule has 0 aromatic heterocycles. The monoisotopic (exact) mass is 389 g/mol. The molecule has 2 saturated heterocycles. The summed E-state index contributed by atoms with van der Waals surface area (Å²) >= 11 is 0. The van der Waals surface area contributed by atoms with Gasteiger partial charge in [-0.05, 0) is 24.3 Å². The van der Waals surface area contributed by atoms with Crippen molar-refractivity contribution in [3.8, 4) is 0 Å². The number of nitrogens with one attached hydrogen (secondary N) is 2. The van der Waals surface area contributed by atoms with Gasteiger partial charge in [0.25, 0.3) is 0 Å². The summed E-state index contributed by atoms with van der Waals surface area (Å²) in [5.74, 6) is 0.331. The summed E-state index contributed by atoms with van der Waals surface area (Å²) in [6, 6.07) is 8.84. The van der Waals surface area contributed by atoms with Crippen LogP contribution in [-0.2, 0) is 20.8 Å². The summed E-state index contributed by atoms with van der Waals surface area (Å²) in [5.41, 5.74) is 1.02. The quantitative estimate of drug-likeness (QED) is 0.781. The Balaban J connectivity index is 1.48. The molecule has 1 unspecified atom stereocenters. The number of ether oxygens (including phenoxy) is 2. The number of hydrogen-bond donors (Lipinski definition) is 2. The first kappa shape index (κ1) is 20.6. The molecule has 2 aliphatic heterocycles. The summed E-state index contributed by atoms with van der Waals surface area (Å²) in [6.07, 6.45) is 1.60. The van der Waals surface area contributed by atoms with E-state index in [4.69, 9.17) is 9.47 Å². The van der Waals surface area contributed by atoms with Crippen LogP contribution in [0.15, 0.2) is 30.3 Å². The third-order valence-corrected chi connectivity index (χ3v) is 5.40. The molecule has 3 rings (SSSR count). The number of rotatable bonds is 6. The molecule has 1 aromatic carbocycles. The highest BCUT2D eigenvalue weighted by Gasteiger charge is 2.35. The molecular formula is C21H31N3O4. The average molecular weight is 389 g/mol. The van der Waals surface area contributed by atoms with Gasteiger partial charge >= 0.3 is 6.03 Å². The average Bonchev–Trinajstić information content (AvgIpc) is 3.25. The summed E-state index contributed by atoms with van der Waals surface area (Å²) in [6.45, 7) is 6.98. The summed E-state index contributed by atoms with van der Waals surface area (Å²) in [5, 5.41) is 5.69. The Morgan fingerprint density at radius 3 is 2.36 bits per heavy atom. The van der Waals surface area contributed by atoms with Crippen molar-refractivity contribution in [3.05, 3.63) is 35.9 Å². The Morgan fingerprint density at radius 2 is 1.75 bits per heavy atom. The van der Waals surface area contributed by atoms with Crippen LogP contribution in [0.2, 0.25) is 0 Å². The van der Waals surface area contributed by atoms with E-state index in [0.717, 1.165) is 18.4 Å². The van der Waals surface area contributed by atoms with Crippen LogP contribution >= 0.6 is 0 Å². The molecule has 2 aliphatic rings. The van der Waals surface area contributed by atoms with E-state index in [-0.39, 0.29) is 24.1 Å². The molecule has 2 N–H and O–H groups in total. The third-order valence-electron chi connectivity index (χ3n) is 5.40. The lowest BCUT2D eigenvalue weighted by Gasteiger charge is -2.36. The minimum atomic E-state index is -0.536. The zero-order valence-corrected chi connectivity index (χ0v) is 16.7. The Morgan fingerprint density at radius 1 is 1.11 bits per heavy atom. The normalized spacial score (nSPS) is 19.6. The molecule has 1 atom stereocenters. The number of carbonyl (C=O) groups is 2. The fourth-order valence-electron chi connectivity index (χ4n) is 3.72. The van der Waals surface area contributed by atoms with Gasteiger partial charge in [0.15, 0.2) is 6.29 Å². The van der Waals surface area contributed by atoms with E-state index >= 15 is 0 Å². The Hall–Kier alpha value is -2.12. The van der Waals surface area contributed by atoms with Gasteiger partial charge in [0.05, 0.1) is 13.2 Å². The lowest BCUT2D eigenvalue weighted by atomic mass is 9.94. The zero-order valence-electron chi connectivity index (χ0n) is 16.7. The molecule has 7 nitrogen and oxygen atoms in total. The van der Waals surface area contributed by atoms with E-state index in [1.54, 1.807) is 0 Å². The maximum atomic E-state index is 13.0. The molecule has 0 radical (unpaired) electrons. The van der Waals surface area contributed by atoms with Crippen LogP contribution in [0.5, 0.6) is 0 Å². The van der Waals surface area contributed by atoms with Crippen LogP contribution in [0.4, 0.5) is 4.79 Å². The van der Waals surface area contributed by atoms with Gasteiger partial charge in [-0.2, -0.15) is 0 Å². The maximum Gasteiger partial charge on any atom is 0.315 e. The van der Waals surface area contributed by atoms with E-state index < -0.39 is 6.04 Å². The smallest absolute Gasteiger partial charge is 0.315 e. The van der Waals surface area contributed by atoms with Crippen molar-refractivity contribution in [1.29, 1.82) is 0 Å². The second-order valence-corrected chi connectivity index (χ2v) is 7.81. The Kier molecular flexibility index (Phi) is 7.28. The van der Waals surface area contributed by atoms with Crippen molar-refractivity contribution in [3.63, 3.8) is 0 Å². The molecule has 0 bridgehead atoms. The van der Waals surface area contributed by atoms with Crippen LogP contribution < -0.4 is 10.6 Å². The molecule has 2 heterocycles. The van der Waals surface area contributed by atoms with Crippen LogP contribution in [0.3, 0.4) is 0 Å². The zero-order chi connectivity index (χ0) is 19.9. The molecular weight excluding hydrogens is 358 g/mol. The van der Waals surface area contributed by atoms with Gasteiger partial charge in [0.2, 0.25) is 5.91 Å². The fraction of sp³-hybridized carbons (Fsp3) is 0.619. The van der Waals surface area contributed by atoms with Crippen molar-refractivity contribution < 1.29 is 19.1 Å². The van der Waals surface area contributed by atoms with Gasteiger partial charge in [-0.15, -0.1) is 0 Å². The highest BCUT2D eigenvalue weighted by Crippen LogP contribution is 2.26. The van der Waals surface area contributed by atoms with Crippen LogP contribution in [0, 0.1) is 11.8 Å². The lowest BCUT2D eigenvalue weighted by molar-refractivity contribution is -0.139. The van der Waals surface area contributed by atoms with E-state index in [1.165, 1.54) is 0 Å². The first-order valence-electron chi connectivity index (χ1n) is 10.1. The van der Waals surface area contributed by atoms with Crippen molar-refractivity contribution in [1.82, 2.24) is 15.5 Å². The molecule has 0 saturated carbocycles. The second-order valence-electron chi connectivity index (χ2n) is 7.81. The number of amides is 3. The highest BCUT2D eigenvalue weighted by molar-refractivity contribution is 5.87. The molecule has 0 spiro atoms. The van der Waals surface area contributed by atoms with Gasteiger partial charge in [-0.25, -0.2) is 4.79 Å². The van der Waals surface area contributed by atoms with E-state index in [1.807, 2.05) is 49.1 Å². The Bertz CT molecular complexity index is 638. The molecule has 0 aliphatic carbocycles. The molecule has 3 amide bonds. The second kappa shape index (κ2) is 9.89. The van der Waals surface area contributed by atoms with E-state index in [2.05, 4.69) is 10.6 Å². The number of urea groups is 1. The van der Waals surface area contributed by atoms with E-state index in [9.17, 15) is 9.59 Å². The lowest BCUT2D eigenvalue weighted by Crippen LogP contribution is -2.55. The topological polar surface area (TPSA) is 79.9 Å². The minimum Gasteiger partial charge on any atom is -0.350 e. The van der Waals surface area contributed by atoms with Gasteiger partial charge in [-0.3, -0.25) is 4.79 Å². The SMILES string of the molecule is CC(C)C(NC(=O)NCc1ccccc1)C(=O)N1CCC(C2OCCO2)CC1. The summed E-state index contributed by atoms with van der Waals surface area (Å²) in [7, 11) is 0. The number of likely N-dealkylation sites (tertiary alicyclic amines) is 1. The van der Waals surface area contributed by atoms with Crippen molar-refractivity contribution in [2.45, 2.75) is 45.6 Å². The minimum absolute atomic E-state index is 0.00852. The van der Waals surface area contributed by atoms with Gasteiger partial charge in [0.1, 0.15) is 6.04 Å². The number of carbonyl (C=O) groups excluding carboxylic acids is 2. The Labute approximate surface area is 166 Å². The van der Waals surface area contributed by atoms with Crippen LogP contribution in [0.25, 0.3) is 0 Å². The molecule has 7 heteroatoms. The van der Waals surface area contributed by atoms with Gasteiger partial charge in [-0.1, -0.05) is 44.2 Å². The highest BCUT2D eigenvalue weighted by atomic mass is 16.7. The largest absolute Gasteiger partial charge is 0.350 e. The summed E-state index contributed by atoms with van der Waals surface area (Å²) in [4.78, 5) is 27.2. The van der Waals surface area contributed by atoms with Crippen molar-refractivity contribution >= 4 is 11.9 Å². The third kappa shape index (κ3) is 5.45. The molecule has 154 valence electrons. The fourth-order valence-corrected chi connectivity index (χ4v) is 3.72. The van der Waals surface area contributed by atoms with Crippen molar-refractivity contribution in [2.24, 2.45) is 11.8 Å². The van der Waals surface area contributed by atoms with Crippen molar-refractivity contribution in [2.75, 3.05) is 26.3 Å². The summed E-state index contributed by atoms with van der Waals surface area (Å²) < 4.78 is 11.2. The van der Waals surface area contributed by atoms with Crippen LogP contribution in [-0.4, -0.2) is 55.5 Å². The molecule has 28 heavy (non-hydrogen) atoms. The van der Waals surface area contributed by atoms with Gasteiger partial charge in [0, 0.05) is 25.6 Å². The first-order valence-corrected chi connectivity index (χ1v) is 10.1. The number of benzene rings is 1. The van der Waals surface area contributed by atoms with Gasteiger partial charge < -0.3 is 25.0 Å². The molecule has 2 fully saturated rings. The number of hydrogen-bond acceptors (Lipinski definition) is 4. The maximum absolute atomic E-state index is 13.0. The van der Waals surface area contributed by atoms with Crippen LogP contribution in [0.1, 0.15) is 32.3 Å². The predicted octanol–water partition coefficient (Wildman–Crippen LogP) is 2.12. The number of piperidine rings is 1. The predicted molar refractivity (Wildman–Crippen MR) is 105 cm³/mol. The number of nitrogens with zero attached hydrogens (tertiary/aromatic N) is 1. The molecule has 1 aromatic rings.